The van der Waals surface area contributed by atoms with E-state index in [1.165, 1.54) is 23.2 Å². The van der Waals surface area contributed by atoms with Gasteiger partial charge in [0.05, 0.1) is 0 Å². The number of rotatable bonds is 5. The molecule has 1 fully saturated rings. The molecule has 19 heavy (non-hydrogen) atoms. The molecule has 0 aliphatic carbocycles. The fraction of sp³-hybridized carbons (Fsp3) is 0.625. The van der Waals surface area contributed by atoms with Crippen molar-refractivity contribution in [3.05, 3.63) is 34.9 Å². The van der Waals surface area contributed by atoms with E-state index in [4.69, 9.17) is 0 Å². The van der Waals surface area contributed by atoms with Crippen molar-refractivity contribution < 1.29 is 0 Å². The first-order chi connectivity index (χ1) is 9.15. The number of benzene rings is 1. The van der Waals surface area contributed by atoms with Crippen LogP contribution < -0.4 is 10.6 Å². The van der Waals surface area contributed by atoms with Crippen LogP contribution in [0.2, 0.25) is 0 Å². The van der Waals surface area contributed by atoms with Gasteiger partial charge in [-0.1, -0.05) is 18.2 Å². The third kappa shape index (κ3) is 4.60. The van der Waals surface area contributed by atoms with Crippen molar-refractivity contribution in [2.24, 2.45) is 0 Å². The molecule has 1 atom stereocenters. The van der Waals surface area contributed by atoms with Crippen molar-refractivity contribution in [2.45, 2.75) is 26.3 Å². The Morgan fingerprint density at radius 1 is 1.32 bits per heavy atom. The molecule has 2 rings (SSSR count). The topological polar surface area (TPSA) is 27.3 Å². The Kier molecular flexibility index (Phi) is 5.37. The number of nitrogens with one attached hydrogen (secondary N) is 2. The standard InChI is InChI=1S/C16H27N3/c1-13-4-5-15(10-14(13)2)6-7-17-11-16-12-19(3)9-8-18-16/h4-5,10,16-18H,6-9,11-12H2,1-3H3. The molecule has 1 aromatic carbocycles. The monoisotopic (exact) mass is 261 g/mol. The van der Waals surface area contributed by atoms with Gasteiger partial charge in [-0.05, 0) is 50.6 Å². The van der Waals surface area contributed by atoms with E-state index in [0.29, 0.717) is 6.04 Å². The van der Waals surface area contributed by atoms with E-state index in [2.05, 4.69) is 54.6 Å². The Hall–Kier alpha value is -0.900. The molecule has 106 valence electrons. The summed E-state index contributed by atoms with van der Waals surface area (Å²) in [7, 11) is 2.20. The van der Waals surface area contributed by atoms with Gasteiger partial charge in [0.1, 0.15) is 0 Å². The number of hydrogen-bond acceptors (Lipinski definition) is 3. The molecule has 0 aromatic heterocycles. The zero-order chi connectivity index (χ0) is 13.7. The summed E-state index contributed by atoms with van der Waals surface area (Å²) >= 11 is 0. The quantitative estimate of drug-likeness (QED) is 0.783. The highest BCUT2D eigenvalue weighted by Crippen LogP contribution is 2.09. The van der Waals surface area contributed by atoms with Gasteiger partial charge >= 0.3 is 0 Å². The van der Waals surface area contributed by atoms with Crippen LogP contribution in [0.15, 0.2) is 18.2 Å². The highest BCUT2D eigenvalue weighted by Gasteiger charge is 2.15. The van der Waals surface area contributed by atoms with E-state index >= 15 is 0 Å². The maximum absolute atomic E-state index is 3.57. The Morgan fingerprint density at radius 3 is 2.89 bits per heavy atom. The molecule has 1 aromatic rings. The average molecular weight is 261 g/mol. The lowest BCUT2D eigenvalue weighted by atomic mass is 10.0. The predicted octanol–water partition coefficient (Wildman–Crippen LogP) is 1.34. The molecule has 0 bridgehead atoms. The second kappa shape index (κ2) is 7.04. The van der Waals surface area contributed by atoms with E-state index in [1.54, 1.807) is 0 Å². The largest absolute Gasteiger partial charge is 0.315 e. The summed E-state index contributed by atoms with van der Waals surface area (Å²) in [6.07, 6.45) is 1.11. The van der Waals surface area contributed by atoms with Gasteiger partial charge in [0, 0.05) is 32.2 Å². The number of nitrogens with zero attached hydrogens (tertiary/aromatic N) is 1. The van der Waals surface area contributed by atoms with Crippen LogP contribution in [0.3, 0.4) is 0 Å². The zero-order valence-electron chi connectivity index (χ0n) is 12.5. The van der Waals surface area contributed by atoms with Crippen LogP contribution in [0.5, 0.6) is 0 Å². The normalized spacial score (nSPS) is 20.7. The van der Waals surface area contributed by atoms with Gasteiger partial charge < -0.3 is 15.5 Å². The lowest BCUT2D eigenvalue weighted by Crippen LogP contribution is -2.53. The molecule has 0 saturated carbocycles. The van der Waals surface area contributed by atoms with E-state index in [0.717, 1.165) is 32.6 Å². The number of hydrogen-bond donors (Lipinski definition) is 2. The maximum Gasteiger partial charge on any atom is 0.0320 e. The molecular formula is C16H27N3. The van der Waals surface area contributed by atoms with Crippen molar-refractivity contribution in [3.8, 4) is 0 Å². The highest BCUT2D eigenvalue weighted by molar-refractivity contribution is 5.30. The summed E-state index contributed by atoms with van der Waals surface area (Å²) < 4.78 is 0. The highest BCUT2D eigenvalue weighted by atomic mass is 15.2. The van der Waals surface area contributed by atoms with E-state index in [1.807, 2.05) is 0 Å². The van der Waals surface area contributed by atoms with Crippen LogP contribution in [0, 0.1) is 13.8 Å². The van der Waals surface area contributed by atoms with Gasteiger partial charge in [-0.2, -0.15) is 0 Å². The molecule has 1 heterocycles. The van der Waals surface area contributed by atoms with Crippen molar-refractivity contribution in [1.82, 2.24) is 15.5 Å². The van der Waals surface area contributed by atoms with E-state index in [-0.39, 0.29) is 0 Å². The van der Waals surface area contributed by atoms with Crippen LogP contribution in [0.4, 0.5) is 0 Å². The summed E-state index contributed by atoms with van der Waals surface area (Å²) in [6, 6.07) is 7.38. The van der Waals surface area contributed by atoms with Crippen molar-refractivity contribution in [3.63, 3.8) is 0 Å². The molecule has 1 aliphatic rings. The van der Waals surface area contributed by atoms with Crippen molar-refractivity contribution in [1.29, 1.82) is 0 Å². The zero-order valence-corrected chi connectivity index (χ0v) is 12.5. The van der Waals surface area contributed by atoms with Crippen LogP contribution in [-0.4, -0.2) is 50.7 Å². The summed E-state index contributed by atoms with van der Waals surface area (Å²) in [5, 5.41) is 7.13. The second-order valence-corrected chi connectivity index (χ2v) is 5.79. The third-order valence-electron chi connectivity index (χ3n) is 4.01. The summed E-state index contributed by atoms with van der Waals surface area (Å²) in [5.41, 5.74) is 4.21. The first kappa shape index (κ1) is 14.5. The maximum atomic E-state index is 3.57. The molecule has 1 aliphatic heterocycles. The molecule has 3 nitrogen and oxygen atoms in total. The van der Waals surface area contributed by atoms with Gasteiger partial charge in [-0.15, -0.1) is 0 Å². The van der Waals surface area contributed by atoms with E-state index < -0.39 is 0 Å². The molecular weight excluding hydrogens is 234 g/mol. The van der Waals surface area contributed by atoms with E-state index in [9.17, 15) is 0 Å². The number of aryl methyl sites for hydroxylation is 2. The minimum atomic E-state index is 0.596. The minimum absolute atomic E-state index is 0.596. The first-order valence-corrected chi connectivity index (χ1v) is 7.34. The Morgan fingerprint density at radius 2 is 2.16 bits per heavy atom. The summed E-state index contributed by atoms with van der Waals surface area (Å²) in [4.78, 5) is 2.40. The average Bonchev–Trinajstić information content (AvgIpc) is 2.39. The first-order valence-electron chi connectivity index (χ1n) is 7.34. The predicted molar refractivity (Wildman–Crippen MR) is 81.8 cm³/mol. The van der Waals surface area contributed by atoms with Crippen LogP contribution in [-0.2, 0) is 6.42 Å². The van der Waals surface area contributed by atoms with Crippen LogP contribution in [0.1, 0.15) is 16.7 Å². The molecule has 0 radical (unpaired) electrons. The van der Waals surface area contributed by atoms with Crippen LogP contribution >= 0.6 is 0 Å². The second-order valence-electron chi connectivity index (χ2n) is 5.79. The lowest BCUT2D eigenvalue weighted by molar-refractivity contribution is 0.235. The van der Waals surface area contributed by atoms with Gasteiger partial charge in [-0.3, -0.25) is 0 Å². The molecule has 2 N–H and O–H groups in total. The molecule has 0 spiro atoms. The SMILES string of the molecule is Cc1ccc(CCNCC2CN(C)CCN2)cc1C. The van der Waals surface area contributed by atoms with Crippen molar-refractivity contribution in [2.75, 3.05) is 39.8 Å². The minimum Gasteiger partial charge on any atom is -0.315 e. The number of piperazine rings is 1. The Balaban J connectivity index is 1.67. The summed E-state index contributed by atoms with van der Waals surface area (Å²) in [5.74, 6) is 0. The Labute approximate surface area is 117 Å². The van der Waals surface area contributed by atoms with Crippen molar-refractivity contribution >= 4 is 0 Å². The molecule has 3 heteroatoms. The smallest absolute Gasteiger partial charge is 0.0320 e. The Bertz CT molecular complexity index is 403. The molecule has 0 amide bonds. The molecule has 1 saturated heterocycles. The number of likely N-dealkylation sites (N-methyl/N-ethyl adjacent to an activating group) is 1. The third-order valence-corrected chi connectivity index (χ3v) is 4.01. The fourth-order valence-corrected chi connectivity index (χ4v) is 2.60. The fourth-order valence-electron chi connectivity index (χ4n) is 2.60. The van der Waals surface area contributed by atoms with Gasteiger partial charge in [-0.25, -0.2) is 0 Å². The lowest BCUT2D eigenvalue weighted by Gasteiger charge is -2.31. The van der Waals surface area contributed by atoms with Gasteiger partial charge in [0.25, 0.3) is 0 Å². The van der Waals surface area contributed by atoms with Crippen LogP contribution in [0.25, 0.3) is 0 Å². The van der Waals surface area contributed by atoms with Gasteiger partial charge in [0.2, 0.25) is 0 Å². The summed E-state index contributed by atoms with van der Waals surface area (Å²) in [6.45, 7) is 9.91. The van der Waals surface area contributed by atoms with Gasteiger partial charge in [0.15, 0.2) is 0 Å². The molecule has 1 unspecified atom stereocenters.